The highest BCUT2D eigenvalue weighted by molar-refractivity contribution is 7.92. The number of fused-ring (bicyclic) bond motifs is 1. The van der Waals surface area contributed by atoms with Gasteiger partial charge in [0.1, 0.15) is 0 Å². The molecule has 0 fully saturated rings. The summed E-state index contributed by atoms with van der Waals surface area (Å²) in [5.74, 6) is -1.85. The molecule has 0 aliphatic carbocycles. The van der Waals surface area contributed by atoms with Crippen LogP contribution in [0, 0.1) is 5.92 Å². The average molecular weight is 554 g/mol. The third kappa shape index (κ3) is 5.46. The van der Waals surface area contributed by atoms with Gasteiger partial charge in [0.25, 0.3) is 10.0 Å². The number of Topliss-reactive ketones (excluding diaryl/α,β-unsaturated/α-hetero) is 1. The average Bonchev–Trinajstić information content (AvgIpc) is 2.78. The number of hydrogen-bond acceptors (Lipinski definition) is 5. The van der Waals surface area contributed by atoms with Gasteiger partial charge in [0, 0.05) is 24.2 Å². The number of carboxylic acids is 1. The Morgan fingerprint density at radius 3 is 2.40 bits per heavy atom. The van der Waals surface area contributed by atoms with Crippen molar-refractivity contribution in [1.29, 1.82) is 0 Å². The molecule has 1 aliphatic rings. The minimum Gasteiger partial charge on any atom is -0.481 e. The summed E-state index contributed by atoms with van der Waals surface area (Å²) in [5.41, 5.74) is 1.37. The minimum atomic E-state index is -4.09. The fraction of sp³-hybridized carbons (Fsp3) is 0.208. The molecule has 3 aromatic rings. The number of aromatic nitrogens is 1. The number of halogens is 3. The summed E-state index contributed by atoms with van der Waals surface area (Å²) in [4.78, 5) is 28.6. The summed E-state index contributed by atoms with van der Waals surface area (Å²) in [6.07, 6.45) is 1.45. The first-order chi connectivity index (χ1) is 16.6. The third-order valence-corrected chi connectivity index (χ3v) is 8.27. The lowest BCUT2D eigenvalue weighted by molar-refractivity contribution is -0.138. The van der Waals surface area contributed by atoms with Gasteiger partial charge < -0.3 is 5.11 Å². The molecule has 7 nitrogen and oxygen atoms in total. The zero-order chi connectivity index (χ0) is 25.3. The van der Waals surface area contributed by atoms with Gasteiger partial charge in [-0.3, -0.25) is 18.9 Å². The van der Waals surface area contributed by atoms with Gasteiger partial charge in [0.2, 0.25) is 0 Å². The second-order valence-electron chi connectivity index (χ2n) is 8.17. The van der Waals surface area contributed by atoms with E-state index >= 15 is 0 Å². The number of nitrogens with zero attached hydrogens (tertiary/aromatic N) is 2. The van der Waals surface area contributed by atoms with Crippen LogP contribution in [0.2, 0.25) is 15.1 Å². The molecule has 182 valence electrons. The number of carbonyl (C=O) groups is 2. The van der Waals surface area contributed by atoms with Crippen LogP contribution in [-0.4, -0.2) is 36.8 Å². The molecule has 0 spiro atoms. The molecule has 2 aromatic carbocycles. The number of aliphatic carboxylic acids is 1. The normalized spacial score (nSPS) is 15.5. The summed E-state index contributed by atoms with van der Waals surface area (Å²) in [6.45, 7) is -0.0520. The second-order valence-corrected chi connectivity index (χ2v) is 11.3. The molecule has 4 rings (SSSR count). The highest BCUT2D eigenvalue weighted by Crippen LogP contribution is 2.36. The van der Waals surface area contributed by atoms with Crippen molar-refractivity contribution in [2.75, 3.05) is 10.8 Å². The number of pyridine rings is 1. The fourth-order valence-corrected chi connectivity index (χ4v) is 6.54. The van der Waals surface area contributed by atoms with Crippen molar-refractivity contribution in [3.63, 3.8) is 0 Å². The maximum Gasteiger partial charge on any atom is 0.303 e. The molecule has 1 atom stereocenters. The highest BCUT2D eigenvalue weighted by atomic mass is 35.5. The van der Waals surface area contributed by atoms with E-state index in [1.165, 1.54) is 24.4 Å². The molecule has 0 bridgehead atoms. The lowest BCUT2D eigenvalue weighted by Gasteiger charge is -2.34. The lowest BCUT2D eigenvalue weighted by atomic mass is 9.93. The van der Waals surface area contributed by atoms with Crippen LogP contribution in [0.5, 0.6) is 0 Å². The van der Waals surface area contributed by atoms with Crippen molar-refractivity contribution >= 4 is 62.3 Å². The first-order valence-corrected chi connectivity index (χ1v) is 13.1. The van der Waals surface area contributed by atoms with E-state index in [0.29, 0.717) is 16.9 Å². The predicted molar refractivity (Wildman–Crippen MR) is 134 cm³/mol. The molecule has 0 radical (unpaired) electrons. The Kier molecular flexibility index (Phi) is 7.38. The van der Waals surface area contributed by atoms with Gasteiger partial charge in [-0.25, -0.2) is 8.42 Å². The van der Waals surface area contributed by atoms with Crippen LogP contribution in [0.15, 0.2) is 59.6 Å². The number of sulfonamides is 1. The topological polar surface area (TPSA) is 105 Å². The van der Waals surface area contributed by atoms with Crippen LogP contribution in [0.25, 0.3) is 0 Å². The Morgan fingerprint density at radius 2 is 1.74 bits per heavy atom. The maximum absolute atomic E-state index is 13.6. The summed E-state index contributed by atoms with van der Waals surface area (Å²) >= 11 is 18.3. The number of anilines is 1. The van der Waals surface area contributed by atoms with Crippen LogP contribution in [0.1, 0.15) is 28.0 Å². The first-order valence-electron chi connectivity index (χ1n) is 10.5. The van der Waals surface area contributed by atoms with Crippen molar-refractivity contribution in [2.45, 2.75) is 24.2 Å². The van der Waals surface area contributed by atoms with E-state index in [2.05, 4.69) is 4.98 Å². The Balaban J connectivity index is 1.74. The number of ketones is 1. The molecular formula is C24H19Cl3N2O5S. The maximum atomic E-state index is 13.6. The van der Waals surface area contributed by atoms with Crippen molar-refractivity contribution in [3.8, 4) is 0 Å². The second kappa shape index (κ2) is 10.1. The summed E-state index contributed by atoms with van der Waals surface area (Å²) in [6, 6.07) is 12.2. The van der Waals surface area contributed by atoms with E-state index in [4.69, 9.17) is 34.8 Å². The molecular weight excluding hydrogens is 535 g/mol. The van der Waals surface area contributed by atoms with Gasteiger partial charge in [0.15, 0.2) is 5.78 Å². The van der Waals surface area contributed by atoms with Crippen LogP contribution >= 0.6 is 34.8 Å². The zero-order valence-electron chi connectivity index (χ0n) is 18.1. The molecule has 1 N–H and O–H groups in total. The summed E-state index contributed by atoms with van der Waals surface area (Å²) in [7, 11) is -4.09. The first kappa shape index (κ1) is 25.4. The molecule has 1 aliphatic heterocycles. The van der Waals surface area contributed by atoms with Gasteiger partial charge in [-0.05, 0) is 54.3 Å². The molecule has 11 heteroatoms. The molecule has 0 unspecified atom stereocenters. The van der Waals surface area contributed by atoms with Crippen LogP contribution < -0.4 is 4.31 Å². The molecule has 0 amide bonds. The Hall–Kier alpha value is -2.65. The minimum absolute atomic E-state index is 0.0312. The molecule has 0 saturated heterocycles. The molecule has 35 heavy (non-hydrogen) atoms. The van der Waals surface area contributed by atoms with E-state index < -0.39 is 21.9 Å². The van der Waals surface area contributed by atoms with Crippen LogP contribution in [0.4, 0.5) is 5.69 Å². The van der Waals surface area contributed by atoms with Crippen molar-refractivity contribution < 1.29 is 23.1 Å². The Morgan fingerprint density at radius 1 is 1.06 bits per heavy atom. The fourth-order valence-electron chi connectivity index (χ4n) is 4.07. The van der Waals surface area contributed by atoms with E-state index in [0.717, 1.165) is 4.31 Å². The largest absolute Gasteiger partial charge is 0.481 e. The molecule has 0 saturated carbocycles. The highest BCUT2D eigenvalue weighted by Gasteiger charge is 2.35. The summed E-state index contributed by atoms with van der Waals surface area (Å²) in [5, 5.41) is 9.97. The van der Waals surface area contributed by atoms with Gasteiger partial charge in [-0.15, -0.1) is 0 Å². The van der Waals surface area contributed by atoms with E-state index in [9.17, 15) is 23.1 Å². The lowest BCUT2D eigenvalue weighted by Crippen LogP contribution is -2.41. The number of hydrogen-bond donors (Lipinski definition) is 1. The van der Waals surface area contributed by atoms with E-state index in [-0.39, 0.29) is 57.1 Å². The van der Waals surface area contributed by atoms with Crippen molar-refractivity contribution in [3.05, 3.63) is 86.6 Å². The number of rotatable bonds is 7. The monoisotopic (exact) mass is 552 g/mol. The third-order valence-electron chi connectivity index (χ3n) is 5.63. The number of carbonyl (C=O) groups excluding carboxylic acids is 1. The van der Waals surface area contributed by atoms with Gasteiger partial charge in [0.05, 0.1) is 38.3 Å². The molecule has 1 aromatic heterocycles. The molecule has 2 heterocycles. The number of benzene rings is 2. The van der Waals surface area contributed by atoms with E-state index in [1.54, 1.807) is 30.3 Å². The van der Waals surface area contributed by atoms with Crippen LogP contribution in [0.3, 0.4) is 0 Å². The van der Waals surface area contributed by atoms with Crippen molar-refractivity contribution in [2.24, 2.45) is 5.92 Å². The standard InChI is InChI=1S/C24H19Cl3N2O5S/c25-16-3-1-4-17(11-16)35(33,34)29-13-15(10-23(31)32)7-20-21(29)8-14(12-28-20)9-22(30)24-18(26)5-2-6-19(24)27/h1-6,8,11-12,15H,7,9-10,13H2,(H,31,32)/t15-/m0/s1. The van der Waals surface area contributed by atoms with Gasteiger partial charge in [-0.1, -0.05) is 46.9 Å². The summed E-state index contributed by atoms with van der Waals surface area (Å²) < 4.78 is 28.3. The van der Waals surface area contributed by atoms with Crippen molar-refractivity contribution in [1.82, 2.24) is 4.98 Å². The Labute approximate surface area is 217 Å². The van der Waals surface area contributed by atoms with Gasteiger partial charge in [-0.2, -0.15) is 0 Å². The van der Waals surface area contributed by atoms with Crippen LogP contribution in [-0.2, 0) is 27.7 Å². The zero-order valence-corrected chi connectivity index (χ0v) is 21.2. The van der Waals surface area contributed by atoms with E-state index in [1.807, 2.05) is 0 Å². The predicted octanol–water partition coefficient (Wildman–Crippen LogP) is 5.31. The SMILES string of the molecule is O=C(O)C[C@@H]1Cc2ncc(CC(=O)c3c(Cl)cccc3Cl)cc2N(S(=O)(=O)c2cccc(Cl)c2)C1. The smallest absolute Gasteiger partial charge is 0.303 e. The van der Waals surface area contributed by atoms with Gasteiger partial charge >= 0.3 is 5.97 Å². The number of carboxylic acid groups (broad SMARTS) is 1. The Bertz CT molecular complexity index is 1410. The quantitative estimate of drug-likeness (QED) is 0.398.